The number of nitrogens with one attached hydrogen (secondary N) is 1. The summed E-state index contributed by atoms with van der Waals surface area (Å²) in [7, 11) is 0. The highest BCUT2D eigenvalue weighted by Crippen LogP contribution is 2.26. The molecule has 0 unspecified atom stereocenters. The number of hydrogen-bond donors (Lipinski definition) is 2. The SMILES string of the molecule is Nc1nc(Nc2cc(F)ccc2Br)nc(N2CCCC2)n1. The van der Waals surface area contributed by atoms with Crippen LogP contribution >= 0.6 is 15.9 Å². The minimum absolute atomic E-state index is 0.141. The molecule has 1 saturated heterocycles. The Balaban J connectivity index is 1.89. The molecule has 1 aromatic carbocycles. The van der Waals surface area contributed by atoms with Gasteiger partial charge in [-0.3, -0.25) is 0 Å². The van der Waals surface area contributed by atoms with E-state index in [1.165, 1.54) is 12.1 Å². The Kier molecular flexibility index (Phi) is 3.87. The van der Waals surface area contributed by atoms with E-state index in [-0.39, 0.29) is 11.8 Å². The van der Waals surface area contributed by atoms with E-state index in [2.05, 4.69) is 41.1 Å². The summed E-state index contributed by atoms with van der Waals surface area (Å²) in [4.78, 5) is 14.6. The van der Waals surface area contributed by atoms with Gasteiger partial charge in [-0.25, -0.2) is 4.39 Å². The Bertz CT molecular complexity index is 659. The molecule has 0 saturated carbocycles. The van der Waals surface area contributed by atoms with Gasteiger partial charge in [0, 0.05) is 17.6 Å². The zero-order chi connectivity index (χ0) is 14.8. The first kappa shape index (κ1) is 14.0. The van der Waals surface area contributed by atoms with E-state index in [4.69, 9.17) is 5.73 Å². The number of nitrogen functional groups attached to an aromatic ring is 1. The van der Waals surface area contributed by atoms with E-state index in [0.29, 0.717) is 22.1 Å². The molecule has 3 rings (SSSR count). The van der Waals surface area contributed by atoms with Gasteiger partial charge in [0.25, 0.3) is 0 Å². The summed E-state index contributed by atoms with van der Waals surface area (Å²) in [6.45, 7) is 1.82. The molecule has 0 bridgehead atoms. The minimum atomic E-state index is -0.345. The van der Waals surface area contributed by atoms with E-state index in [1.54, 1.807) is 6.07 Å². The maximum atomic E-state index is 13.3. The van der Waals surface area contributed by atoms with Crippen molar-refractivity contribution < 1.29 is 4.39 Å². The third-order valence-corrected chi connectivity index (χ3v) is 3.90. The lowest BCUT2D eigenvalue weighted by molar-refractivity contribution is 0.628. The lowest BCUT2D eigenvalue weighted by atomic mass is 10.3. The Morgan fingerprint density at radius 2 is 1.95 bits per heavy atom. The van der Waals surface area contributed by atoms with Crippen molar-refractivity contribution in [3.05, 3.63) is 28.5 Å². The molecule has 1 aromatic heterocycles. The van der Waals surface area contributed by atoms with Crippen LogP contribution in [-0.2, 0) is 0 Å². The predicted molar refractivity (Wildman–Crippen MR) is 83.1 cm³/mol. The van der Waals surface area contributed by atoms with Crippen LogP contribution in [0.1, 0.15) is 12.8 Å². The molecule has 3 N–H and O–H groups in total. The van der Waals surface area contributed by atoms with E-state index in [1.807, 2.05) is 0 Å². The van der Waals surface area contributed by atoms with Crippen LogP contribution in [0.4, 0.5) is 27.9 Å². The smallest absolute Gasteiger partial charge is 0.233 e. The van der Waals surface area contributed by atoms with Gasteiger partial charge in [0.1, 0.15) is 5.82 Å². The maximum Gasteiger partial charge on any atom is 0.233 e. The molecule has 1 fully saturated rings. The monoisotopic (exact) mass is 352 g/mol. The molecule has 2 aromatic rings. The van der Waals surface area contributed by atoms with Crippen molar-refractivity contribution in [2.24, 2.45) is 0 Å². The van der Waals surface area contributed by atoms with Crippen LogP contribution < -0.4 is 16.0 Å². The summed E-state index contributed by atoms with van der Waals surface area (Å²) in [5, 5.41) is 2.96. The second-order valence-corrected chi connectivity index (χ2v) is 5.61. The quantitative estimate of drug-likeness (QED) is 0.883. The number of nitrogens with two attached hydrogens (primary N) is 1. The van der Waals surface area contributed by atoms with Gasteiger partial charge < -0.3 is 16.0 Å². The molecule has 0 aliphatic carbocycles. The third kappa shape index (κ3) is 3.21. The molecule has 1 aliphatic rings. The van der Waals surface area contributed by atoms with Gasteiger partial charge >= 0.3 is 0 Å². The fraction of sp³-hybridized carbons (Fsp3) is 0.308. The van der Waals surface area contributed by atoms with Crippen molar-refractivity contribution in [2.75, 3.05) is 29.0 Å². The van der Waals surface area contributed by atoms with Crippen molar-refractivity contribution in [1.29, 1.82) is 0 Å². The largest absolute Gasteiger partial charge is 0.368 e. The van der Waals surface area contributed by atoms with Gasteiger partial charge in [0.2, 0.25) is 17.8 Å². The number of aromatic nitrogens is 3. The highest BCUT2D eigenvalue weighted by atomic mass is 79.9. The van der Waals surface area contributed by atoms with Crippen LogP contribution in [0.15, 0.2) is 22.7 Å². The van der Waals surface area contributed by atoms with Crippen LogP contribution in [-0.4, -0.2) is 28.0 Å². The number of rotatable bonds is 3. The molecule has 0 spiro atoms. The van der Waals surface area contributed by atoms with Crippen molar-refractivity contribution >= 4 is 39.5 Å². The molecule has 8 heteroatoms. The number of halogens is 2. The molecular weight excluding hydrogens is 339 g/mol. The summed E-state index contributed by atoms with van der Waals surface area (Å²) >= 11 is 3.35. The van der Waals surface area contributed by atoms with Crippen molar-refractivity contribution in [2.45, 2.75) is 12.8 Å². The second-order valence-electron chi connectivity index (χ2n) is 4.76. The first-order valence-electron chi connectivity index (χ1n) is 6.60. The molecule has 21 heavy (non-hydrogen) atoms. The van der Waals surface area contributed by atoms with Gasteiger partial charge in [-0.2, -0.15) is 15.0 Å². The van der Waals surface area contributed by atoms with E-state index in [9.17, 15) is 4.39 Å². The second kappa shape index (κ2) is 5.80. The highest BCUT2D eigenvalue weighted by Gasteiger charge is 2.17. The van der Waals surface area contributed by atoms with Crippen molar-refractivity contribution in [3.63, 3.8) is 0 Å². The molecule has 2 heterocycles. The Hall–Kier alpha value is -1.96. The summed E-state index contributed by atoms with van der Waals surface area (Å²) in [6, 6.07) is 4.34. The van der Waals surface area contributed by atoms with Crippen LogP contribution in [0.5, 0.6) is 0 Å². The number of benzene rings is 1. The summed E-state index contributed by atoms with van der Waals surface area (Å²) in [5.41, 5.74) is 6.27. The zero-order valence-corrected chi connectivity index (χ0v) is 12.8. The predicted octanol–water partition coefficient (Wildman–Crippen LogP) is 2.70. The lowest BCUT2D eigenvalue weighted by Gasteiger charge is -2.16. The Morgan fingerprint density at radius 1 is 1.19 bits per heavy atom. The van der Waals surface area contributed by atoms with Gasteiger partial charge in [0.05, 0.1) is 5.69 Å². The third-order valence-electron chi connectivity index (χ3n) is 3.20. The van der Waals surface area contributed by atoms with E-state index < -0.39 is 0 Å². The van der Waals surface area contributed by atoms with E-state index in [0.717, 1.165) is 25.9 Å². The summed E-state index contributed by atoms with van der Waals surface area (Å²) in [5.74, 6) is 0.648. The average molecular weight is 353 g/mol. The normalized spacial score (nSPS) is 14.5. The molecule has 0 amide bonds. The van der Waals surface area contributed by atoms with Gasteiger partial charge in [-0.15, -0.1) is 0 Å². The van der Waals surface area contributed by atoms with Gasteiger partial charge in [0.15, 0.2) is 0 Å². The van der Waals surface area contributed by atoms with Gasteiger partial charge in [-0.1, -0.05) is 0 Å². The molecule has 0 radical (unpaired) electrons. The first-order valence-corrected chi connectivity index (χ1v) is 7.40. The highest BCUT2D eigenvalue weighted by molar-refractivity contribution is 9.10. The fourth-order valence-corrected chi connectivity index (χ4v) is 2.55. The van der Waals surface area contributed by atoms with Crippen molar-refractivity contribution in [1.82, 2.24) is 15.0 Å². The summed E-state index contributed by atoms with van der Waals surface area (Å²) < 4.78 is 14.0. The number of anilines is 4. The molecule has 1 aliphatic heterocycles. The molecule has 6 nitrogen and oxygen atoms in total. The number of hydrogen-bond acceptors (Lipinski definition) is 6. The first-order chi connectivity index (χ1) is 10.1. The van der Waals surface area contributed by atoms with Gasteiger partial charge in [-0.05, 0) is 47.0 Å². The number of nitrogens with zero attached hydrogens (tertiary/aromatic N) is 4. The molecular formula is C13H14BrFN6. The lowest BCUT2D eigenvalue weighted by Crippen LogP contribution is -2.22. The Labute approximate surface area is 129 Å². The summed E-state index contributed by atoms with van der Waals surface area (Å²) in [6.07, 6.45) is 2.23. The average Bonchev–Trinajstić information content (AvgIpc) is 2.96. The van der Waals surface area contributed by atoms with Crippen LogP contribution in [0, 0.1) is 5.82 Å². The van der Waals surface area contributed by atoms with Crippen LogP contribution in [0.2, 0.25) is 0 Å². The standard InChI is InChI=1S/C13H14BrFN6/c14-9-4-3-8(15)7-10(9)17-12-18-11(16)19-13(20-12)21-5-1-2-6-21/h3-4,7H,1-2,5-6H2,(H3,16,17,18,19,20). The molecule has 0 atom stereocenters. The van der Waals surface area contributed by atoms with Crippen LogP contribution in [0.3, 0.4) is 0 Å². The maximum absolute atomic E-state index is 13.3. The molecule has 110 valence electrons. The topological polar surface area (TPSA) is 80.0 Å². The van der Waals surface area contributed by atoms with Crippen LogP contribution in [0.25, 0.3) is 0 Å². The van der Waals surface area contributed by atoms with Crippen molar-refractivity contribution in [3.8, 4) is 0 Å². The minimum Gasteiger partial charge on any atom is -0.368 e. The van der Waals surface area contributed by atoms with E-state index >= 15 is 0 Å². The fourth-order valence-electron chi connectivity index (χ4n) is 2.21. The zero-order valence-electron chi connectivity index (χ0n) is 11.2. The Morgan fingerprint density at radius 3 is 2.71 bits per heavy atom.